The van der Waals surface area contributed by atoms with E-state index in [-0.39, 0.29) is 35.5 Å². The third kappa shape index (κ3) is 3.74. The second-order valence-electron chi connectivity index (χ2n) is 4.26. The van der Waals surface area contributed by atoms with Crippen LogP contribution in [-0.2, 0) is 0 Å². The second-order valence-corrected chi connectivity index (χ2v) is 4.26. The normalized spacial score (nSPS) is 15.4. The maximum Gasteiger partial charge on any atom is 0.414 e. The summed E-state index contributed by atoms with van der Waals surface area (Å²) in [5.74, 6) is -0.269. The highest BCUT2D eigenvalue weighted by atomic mass is 16.6. The molecule has 18 heavy (non-hydrogen) atoms. The summed E-state index contributed by atoms with van der Waals surface area (Å²) in [6.45, 7) is 3.98. The fraction of sp³-hybridized carbons (Fsp3) is 0.500. The van der Waals surface area contributed by atoms with Crippen LogP contribution in [0.5, 0.6) is 5.75 Å². The van der Waals surface area contributed by atoms with Crippen LogP contribution in [0.4, 0.5) is 4.79 Å². The predicted molar refractivity (Wildman–Crippen MR) is 72.9 cm³/mol. The van der Waals surface area contributed by atoms with Gasteiger partial charge in [-0.25, -0.2) is 4.79 Å². The molecule has 0 N–H and O–H groups in total. The molecule has 1 amide bonds. The summed E-state index contributed by atoms with van der Waals surface area (Å²) in [4.78, 5) is 15.0. The largest absolute Gasteiger partial charge is 0.414 e. The maximum absolute atomic E-state index is 11.9. The van der Waals surface area contributed by atoms with Gasteiger partial charge in [-0.15, -0.1) is 0 Å². The number of hydrogen-bond donors (Lipinski definition) is 0. The number of benzene rings is 1. The van der Waals surface area contributed by atoms with E-state index < -0.39 is 12.1 Å². The highest BCUT2D eigenvalue weighted by molar-refractivity contribution is 5.70. The molecule has 0 unspecified atom stereocenters. The SMILES string of the molecule is [2H]c1c([2H])c(OC(=O)N(C)CC)c([2H])c([C@H](C)N(C)C)c1[2H]. The lowest BCUT2D eigenvalue weighted by Crippen LogP contribution is -2.29. The average Bonchev–Trinajstić information content (AvgIpc) is 2.48. The first kappa shape index (κ1) is 9.39. The molecule has 100 valence electrons. The Morgan fingerprint density at radius 2 is 2.11 bits per heavy atom. The molecule has 0 aliphatic carbocycles. The molecule has 0 spiro atoms. The van der Waals surface area contributed by atoms with Crippen molar-refractivity contribution in [3.63, 3.8) is 0 Å². The molecule has 0 bridgehead atoms. The van der Waals surface area contributed by atoms with Crippen LogP contribution in [0.2, 0.25) is 0 Å². The fourth-order valence-electron chi connectivity index (χ4n) is 1.15. The molecular weight excluding hydrogens is 228 g/mol. The van der Waals surface area contributed by atoms with Crippen molar-refractivity contribution in [3.05, 3.63) is 29.7 Å². The highest BCUT2D eigenvalue weighted by Gasteiger charge is 2.12. The molecule has 0 heterocycles. The summed E-state index contributed by atoms with van der Waals surface area (Å²) >= 11 is 0. The summed E-state index contributed by atoms with van der Waals surface area (Å²) < 4.78 is 37.1. The van der Waals surface area contributed by atoms with E-state index in [1.165, 1.54) is 4.90 Å². The first-order valence-electron chi connectivity index (χ1n) is 7.83. The zero-order valence-electron chi connectivity index (χ0n) is 15.5. The quantitative estimate of drug-likeness (QED) is 0.828. The van der Waals surface area contributed by atoms with E-state index in [4.69, 9.17) is 10.2 Å². The monoisotopic (exact) mass is 254 g/mol. The summed E-state index contributed by atoms with van der Waals surface area (Å²) in [7, 11) is 5.12. The van der Waals surface area contributed by atoms with E-state index in [0.29, 0.717) is 6.54 Å². The Labute approximate surface area is 115 Å². The molecule has 0 aliphatic rings. The van der Waals surface area contributed by atoms with Gasteiger partial charge in [0.1, 0.15) is 5.75 Å². The minimum absolute atomic E-state index is 0.181. The molecule has 4 nitrogen and oxygen atoms in total. The average molecular weight is 254 g/mol. The smallest absolute Gasteiger partial charge is 0.410 e. The van der Waals surface area contributed by atoms with Crippen LogP contribution in [0.25, 0.3) is 0 Å². The molecule has 1 rings (SSSR count). The molecule has 4 heteroatoms. The Hall–Kier alpha value is -1.55. The van der Waals surface area contributed by atoms with Crippen molar-refractivity contribution in [2.75, 3.05) is 27.7 Å². The fourth-order valence-corrected chi connectivity index (χ4v) is 1.15. The zero-order chi connectivity index (χ0) is 17.2. The number of ether oxygens (including phenoxy) is 1. The van der Waals surface area contributed by atoms with Gasteiger partial charge in [0.15, 0.2) is 0 Å². The van der Waals surface area contributed by atoms with Gasteiger partial charge in [0.05, 0.1) is 5.48 Å². The minimum Gasteiger partial charge on any atom is -0.410 e. The van der Waals surface area contributed by atoms with E-state index >= 15 is 0 Å². The second kappa shape index (κ2) is 6.40. The molecule has 0 aromatic heterocycles. The third-order valence-corrected chi connectivity index (χ3v) is 2.79. The molecule has 0 saturated heterocycles. The Balaban J connectivity index is 3.43. The van der Waals surface area contributed by atoms with Crippen molar-refractivity contribution < 1.29 is 15.0 Å². The molecule has 0 fully saturated rings. The molecule has 0 aliphatic heterocycles. The van der Waals surface area contributed by atoms with Gasteiger partial charge in [0.2, 0.25) is 0 Å². The standard InChI is InChI=1S/C14H22N2O2/c1-6-16(5)14(17)18-13-9-7-8-12(10-13)11(2)15(3)4/h7-11H,6H2,1-5H3/t11-/m0/s1/i7D,8D,9D,10D. The topological polar surface area (TPSA) is 32.8 Å². The number of carbonyl (C=O) groups is 1. The zero-order valence-corrected chi connectivity index (χ0v) is 11.5. The van der Waals surface area contributed by atoms with Crippen molar-refractivity contribution in [1.29, 1.82) is 0 Å². The van der Waals surface area contributed by atoms with Crippen LogP contribution in [0.15, 0.2) is 24.2 Å². The number of carbonyl (C=O) groups excluding carboxylic acids is 1. The summed E-state index contributed by atoms with van der Waals surface area (Å²) in [6, 6.07) is -1.44. The lowest BCUT2D eigenvalue weighted by molar-refractivity contribution is 0.165. The molecule has 0 radical (unpaired) electrons. The van der Waals surface area contributed by atoms with Gasteiger partial charge in [-0.2, -0.15) is 0 Å². The van der Waals surface area contributed by atoms with E-state index in [2.05, 4.69) is 0 Å². The first-order chi connectivity index (χ1) is 10.1. The Morgan fingerprint density at radius 3 is 2.67 bits per heavy atom. The summed E-state index contributed by atoms with van der Waals surface area (Å²) in [6.07, 6.45) is -0.690. The number of rotatable bonds is 4. The van der Waals surface area contributed by atoms with Crippen LogP contribution in [-0.4, -0.2) is 43.6 Å². The van der Waals surface area contributed by atoms with E-state index in [1.54, 1.807) is 39.9 Å². The van der Waals surface area contributed by atoms with Gasteiger partial charge in [0.25, 0.3) is 0 Å². The van der Waals surface area contributed by atoms with Gasteiger partial charge in [-0.3, -0.25) is 0 Å². The van der Waals surface area contributed by atoms with Crippen LogP contribution < -0.4 is 4.74 Å². The van der Waals surface area contributed by atoms with Gasteiger partial charge >= 0.3 is 6.09 Å². The van der Waals surface area contributed by atoms with Crippen LogP contribution in [0, 0.1) is 0 Å². The van der Waals surface area contributed by atoms with Crippen molar-refractivity contribution in [2.45, 2.75) is 19.9 Å². The molecule has 1 atom stereocenters. The molecule has 1 aromatic rings. The van der Waals surface area contributed by atoms with Crippen molar-refractivity contribution in [1.82, 2.24) is 9.80 Å². The minimum atomic E-state index is -0.690. The molecular formula is C14H22N2O2. The lowest BCUT2D eigenvalue weighted by Gasteiger charge is -2.21. The number of nitrogens with zero attached hydrogens (tertiary/aromatic N) is 2. The third-order valence-electron chi connectivity index (χ3n) is 2.79. The number of amides is 1. The Morgan fingerprint density at radius 1 is 1.44 bits per heavy atom. The van der Waals surface area contributed by atoms with Crippen molar-refractivity contribution in [3.8, 4) is 5.75 Å². The number of hydrogen-bond acceptors (Lipinski definition) is 3. The highest BCUT2D eigenvalue weighted by Crippen LogP contribution is 2.22. The van der Waals surface area contributed by atoms with Crippen LogP contribution in [0.3, 0.4) is 0 Å². The van der Waals surface area contributed by atoms with E-state index in [1.807, 2.05) is 0 Å². The van der Waals surface area contributed by atoms with Gasteiger partial charge in [-0.05, 0) is 45.6 Å². The lowest BCUT2D eigenvalue weighted by atomic mass is 10.1. The van der Waals surface area contributed by atoms with Crippen LogP contribution >= 0.6 is 0 Å². The Kier molecular flexibility index (Phi) is 3.34. The molecule has 0 saturated carbocycles. The van der Waals surface area contributed by atoms with Gasteiger partial charge < -0.3 is 14.5 Å². The van der Waals surface area contributed by atoms with Crippen LogP contribution in [0.1, 0.15) is 30.9 Å². The van der Waals surface area contributed by atoms with Gasteiger partial charge in [-0.1, -0.05) is 12.1 Å². The van der Waals surface area contributed by atoms with Crippen molar-refractivity contribution in [2.24, 2.45) is 0 Å². The molecule has 1 aromatic carbocycles. The summed E-state index contributed by atoms with van der Waals surface area (Å²) in [5.41, 5.74) is 0.271. The maximum atomic E-state index is 11.9. The van der Waals surface area contributed by atoms with Crippen molar-refractivity contribution >= 4 is 6.09 Å². The van der Waals surface area contributed by atoms with E-state index in [9.17, 15) is 4.79 Å². The predicted octanol–water partition coefficient (Wildman–Crippen LogP) is 2.76. The van der Waals surface area contributed by atoms with Gasteiger partial charge in [0, 0.05) is 19.6 Å². The Bertz CT molecular complexity index is 579. The summed E-state index contributed by atoms with van der Waals surface area (Å²) in [5, 5.41) is 0. The van der Waals surface area contributed by atoms with E-state index in [0.717, 1.165) is 0 Å². The first-order valence-corrected chi connectivity index (χ1v) is 5.83.